The standard InChI is InChI=1S/C26H34N4O/c1-6-10-21-13-15-22(16-14-21)25(18(2)3)27-17-24(31)28-26-19(4)29-30(20(26)5)23-11-8-7-9-12-23/h7-9,11-16,18,25,27H,6,10,17H2,1-5H3,(H,28,31)/p+1/t25-/m0/s1. The number of benzene rings is 2. The zero-order valence-electron chi connectivity index (χ0n) is 19.4. The molecule has 0 fully saturated rings. The molecule has 0 aliphatic rings. The fourth-order valence-electron chi connectivity index (χ4n) is 4.06. The highest BCUT2D eigenvalue weighted by Gasteiger charge is 2.22. The second-order valence-corrected chi connectivity index (χ2v) is 8.54. The molecule has 0 aliphatic heterocycles. The lowest BCUT2D eigenvalue weighted by atomic mass is 9.94. The maximum Gasteiger partial charge on any atom is 0.279 e. The van der Waals surface area contributed by atoms with Crippen molar-refractivity contribution >= 4 is 11.6 Å². The number of nitrogens with zero attached hydrogens (tertiary/aromatic N) is 2. The van der Waals surface area contributed by atoms with Crippen LogP contribution in [0.15, 0.2) is 54.6 Å². The van der Waals surface area contributed by atoms with Gasteiger partial charge in [0.1, 0.15) is 6.04 Å². The molecule has 1 amide bonds. The first-order valence-electron chi connectivity index (χ1n) is 11.2. The van der Waals surface area contributed by atoms with Crippen LogP contribution in [0.2, 0.25) is 0 Å². The van der Waals surface area contributed by atoms with Crippen LogP contribution in [-0.4, -0.2) is 22.2 Å². The van der Waals surface area contributed by atoms with Crippen molar-refractivity contribution in [3.63, 3.8) is 0 Å². The molecule has 0 saturated heterocycles. The number of aromatic nitrogens is 2. The Morgan fingerprint density at radius 3 is 2.35 bits per heavy atom. The van der Waals surface area contributed by atoms with Crippen molar-refractivity contribution in [2.45, 2.75) is 53.5 Å². The number of hydrogen-bond donors (Lipinski definition) is 2. The molecule has 31 heavy (non-hydrogen) atoms. The number of hydrogen-bond acceptors (Lipinski definition) is 2. The van der Waals surface area contributed by atoms with E-state index in [0.29, 0.717) is 12.5 Å². The van der Waals surface area contributed by atoms with Crippen LogP contribution in [0, 0.1) is 19.8 Å². The molecule has 3 rings (SSSR count). The number of aryl methyl sites for hydroxylation is 2. The molecule has 0 aliphatic carbocycles. The summed E-state index contributed by atoms with van der Waals surface area (Å²) < 4.78 is 1.88. The Labute approximate surface area is 185 Å². The van der Waals surface area contributed by atoms with Gasteiger partial charge in [-0.3, -0.25) is 4.79 Å². The van der Waals surface area contributed by atoms with Gasteiger partial charge in [-0.1, -0.05) is 69.7 Å². The van der Waals surface area contributed by atoms with Crippen molar-refractivity contribution in [3.05, 3.63) is 77.1 Å². The van der Waals surface area contributed by atoms with Gasteiger partial charge in [0, 0.05) is 11.5 Å². The third-order valence-electron chi connectivity index (χ3n) is 5.74. The van der Waals surface area contributed by atoms with E-state index in [1.54, 1.807) is 0 Å². The van der Waals surface area contributed by atoms with Gasteiger partial charge in [0.25, 0.3) is 5.91 Å². The number of rotatable bonds is 9. The third kappa shape index (κ3) is 5.61. The van der Waals surface area contributed by atoms with E-state index in [-0.39, 0.29) is 11.9 Å². The minimum absolute atomic E-state index is 0.00735. The summed E-state index contributed by atoms with van der Waals surface area (Å²) in [5.41, 5.74) is 6.18. The SMILES string of the molecule is CCCc1ccc([C@@H]([NH2+]CC(=O)Nc2c(C)nn(-c3ccccc3)c2C)C(C)C)cc1. The molecule has 1 heterocycles. The summed E-state index contributed by atoms with van der Waals surface area (Å²) in [4.78, 5) is 12.8. The van der Waals surface area contributed by atoms with Crippen molar-refractivity contribution < 1.29 is 10.1 Å². The van der Waals surface area contributed by atoms with Crippen molar-refractivity contribution in [2.24, 2.45) is 5.92 Å². The molecule has 1 atom stereocenters. The van der Waals surface area contributed by atoms with Crippen LogP contribution in [0.5, 0.6) is 0 Å². The van der Waals surface area contributed by atoms with Gasteiger partial charge < -0.3 is 10.6 Å². The maximum atomic E-state index is 12.8. The molecule has 3 aromatic rings. The first-order chi connectivity index (χ1) is 14.9. The Hall–Kier alpha value is -2.92. The molecule has 3 N–H and O–H groups in total. The lowest BCUT2D eigenvalue weighted by molar-refractivity contribution is -0.692. The first-order valence-corrected chi connectivity index (χ1v) is 11.2. The second kappa shape index (κ2) is 10.4. The van der Waals surface area contributed by atoms with Gasteiger partial charge in [-0.05, 0) is 38.0 Å². The third-order valence-corrected chi connectivity index (χ3v) is 5.74. The topological polar surface area (TPSA) is 63.5 Å². The van der Waals surface area contributed by atoms with Crippen molar-refractivity contribution in [2.75, 3.05) is 11.9 Å². The monoisotopic (exact) mass is 419 g/mol. The van der Waals surface area contributed by atoms with Crippen molar-refractivity contribution in [3.8, 4) is 5.69 Å². The van der Waals surface area contributed by atoms with Crippen LogP contribution >= 0.6 is 0 Å². The first kappa shape index (κ1) is 22.8. The number of quaternary nitrogens is 1. The van der Waals surface area contributed by atoms with E-state index >= 15 is 0 Å². The molecule has 0 bridgehead atoms. The molecule has 0 spiro atoms. The van der Waals surface area contributed by atoms with E-state index in [1.165, 1.54) is 11.1 Å². The number of nitrogens with one attached hydrogen (secondary N) is 1. The summed E-state index contributed by atoms with van der Waals surface area (Å²) in [6.07, 6.45) is 2.26. The highest BCUT2D eigenvalue weighted by Crippen LogP contribution is 2.23. The van der Waals surface area contributed by atoms with Gasteiger partial charge in [-0.25, -0.2) is 4.68 Å². The predicted molar refractivity (Wildman–Crippen MR) is 126 cm³/mol. The molecule has 0 radical (unpaired) electrons. The number of nitrogens with two attached hydrogens (primary N) is 1. The largest absolute Gasteiger partial charge is 0.332 e. The Balaban J connectivity index is 1.67. The lowest BCUT2D eigenvalue weighted by Gasteiger charge is -2.20. The minimum Gasteiger partial charge on any atom is -0.332 e. The minimum atomic E-state index is -0.00735. The lowest BCUT2D eigenvalue weighted by Crippen LogP contribution is -2.88. The smallest absolute Gasteiger partial charge is 0.279 e. The molecule has 164 valence electrons. The van der Waals surface area contributed by atoms with Gasteiger partial charge in [0.15, 0.2) is 6.54 Å². The fourth-order valence-corrected chi connectivity index (χ4v) is 4.06. The molecular formula is C26H35N4O+. The molecule has 5 heteroatoms. The molecule has 0 saturated carbocycles. The number of amides is 1. The highest BCUT2D eigenvalue weighted by molar-refractivity contribution is 5.92. The van der Waals surface area contributed by atoms with E-state index < -0.39 is 0 Å². The fraction of sp³-hybridized carbons (Fsp3) is 0.385. The summed E-state index contributed by atoms with van der Waals surface area (Å²) in [5, 5.41) is 9.85. The van der Waals surface area contributed by atoms with Gasteiger partial charge in [0.2, 0.25) is 0 Å². The summed E-state index contributed by atoms with van der Waals surface area (Å²) in [6, 6.07) is 19.1. The van der Waals surface area contributed by atoms with Gasteiger partial charge in [-0.15, -0.1) is 0 Å². The van der Waals surface area contributed by atoms with Gasteiger partial charge in [0.05, 0.1) is 22.8 Å². The number of anilines is 1. The van der Waals surface area contributed by atoms with Gasteiger partial charge >= 0.3 is 0 Å². The number of carbonyl (C=O) groups excluding carboxylic acids is 1. The van der Waals surface area contributed by atoms with Crippen LogP contribution < -0.4 is 10.6 Å². The summed E-state index contributed by atoms with van der Waals surface area (Å²) in [7, 11) is 0. The number of carbonyl (C=O) groups is 1. The van der Waals surface area contributed by atoms with Crippen LogP contribution in [0.4, 0.5) is 5.69 Å². The van der Waals surface area contributed by atoms with Crippen LogP contribution in [0.25, 0.3) is 5.69 Å². The van der Waals surface area contributed by atoms with Gasteiger partial charge in [-0.2, -0.15) is 5.10 Å². The normalized spacial score (nSPS) is 12.2. The quantitative estimate of drug-likeness (QED) is 0.542. The van der Waals surface area contributed by atoms with Crippen LogP contribution in [0.1, 0.15) is 55.7 Å². The van der Waals surface area contributed by atoms with Crippen molar-refractivity contribution in [1.29, 1.82) is 0 Å². The predicted octanol–water partition coefficient (Wildman–Crippen LogP) is 4.34. The molecular weight excluding hydrogens is 384 g/mol. The van der Waals surface area contributed by atoms with E-state index in [9.17, 15) is 4.79 Å². The Bertz CT molecular complexity index is 990. The summed E-state index contributed by atoms with van der Waals surface area (Å²) >= 11 is 0. The highest BCUT2D eigenvalue weighted by atomic mass is 16.1. The average molecular weight is 420 g/mol. The van der Waals surface area contributed by atoms with Crippen LogP contribution in [-0.2, 0) is 11.2 Å². The van der Waals surface area contributed by atoms with E-state index in [2.05, 4.69) is 60.8 Å². The molecule has 2 aromatic carbocycles. The van der Waals surface area contributed by atoms with Crippen LogP contribution in [0.3, 0.4) is 0 Å². The zero-order chi connectivity index (χ0) is 22.4. The Morgan fingerprint density at radius 1 is 1.06 bits per heavy atom. The average Bonchev–Trinajstić information content (AvgIpc) is 3.04. The molecule has 0 unspecified atom stereocenters. The summed E-state index contributed by atoms with van der Waals surface area (Å²) in [6.45, 7) is 10.9. The Morgan fingerprint density at radius 2 is 1.74 bits per heavy atom. The van der Waals surface area contributed by atoms with E-state index in [4.69, 9.17) is 0 Å². The Kier molecular flexibility index (Phi) is 7.64. The van der Waals surface area contributed by atoms with E-state index in [1.807, 2.05) is 48.9 Å². The molecule has 1 aromatic heterocycles. The van der Waals surface area contributed by atoms with Crippen molar-refractivity contribution in [1.82, 2.24) is 9.78 Å². The second-order valence-electron chi connectivity index (χ2n) is 8.54. The zero-order valence-corrected chi connectivity index (χ0v) is 19.4. The number of para-hydroxylation sites is 1. The molecule has 5 nitrogen and oxygen atoms in total. The van der Waals surface area contributed by atoms with E-state index in [0.717, 1.165) is 35.6 Å². The maximum absolute atomic E-state index is 12.8. The summed E-state index contributed by atoms with van der Waals surface area (Å²) in [5.74, 6) is 0.418.